The number of rotatable bonds is 2. The van der Waals surface area contributed by atoms with Crippen LogP contribution in [0.1, 0.15) is 0 Å². The van der Waals surface area contributed by atoms with Gasteiger partial charge in [-0.2, -0.15) is 0 Å². The zero-order valence-electron chi connectivity index (χ0n) is 27.2. The fraction of sp³-hybridized carbons (Fsp3) is 0. The SMILES string of the molecule is c1ccc2cc3c(cc2c1)oc1c(-c2c4ccccc4c(-c4ccc5c(c4)oc4ccccc45)c4ccccc24)cc2oc4ccccc4c2c13. The van der Waals surface area contributed by atoms with E-state index < -0.39 is 0 Å². The van der Waals surface area contributed by atoms with Crippen LogP contribution >= 0.6 is 0 Å². The lowest BCUT2D eigenvalue weighted by molar-refractivity contribution is 0.664. The molecule has 9 aromatic carbocycles. The summed E-state index contributed by atoms with van der Waals surface area (Å²) in [7, 11) is 0. The molecule has 0 N–H and O–H groups in total. The minimum Gasteiger partial charge on any atom is -0.456 e. The van der Waals surface area contributed by atoms with E-state index in [9.17, 15) is 0 Å². The first kappa shape index (κ1) is 27.0. The number of para-hydroxylation sites is 2. The van der Waals surface area contributed by atoms with Gasteiger partial charge in [-0.1, -0.05) is 115 Å². The van der Waals surface area contributed by atoms with Gasteiger partial charge < -0.3 is 13.3 Å². The normalized spacial score (nSPS) is 12.3. The van der Waals surface area contributed by atoms with Crippen molar-refractivity contribution < 1.29 is 13.3 Å². The summed E-state index contributed by atoms with van der Waals surface area (Å²) in [6.45, 7) is 0. The Balaban J connectivity index is 1.24. The Bertz CT molecular complexity index is 3370. The molecule has 12 rings (SSSR count). The molecule has 51 heavy (non-hydrogen) atoms. The van der Waals surface area contributed by atoms with E-state index in [0.29, 0.717) is 0 Å². The molecule has 0 amide bonds. The molecule has 3 aromatic heterocycles. The molecule has 0 bridgehead atoms. The molecule has 236 valence electrons. The van der Waals surface area contributed by atoms with Gasteiger partial charge in [0.05, 0.1) is 0 Å². The Hall–Kier alpha value is -6.84. The Morgan fingerprint density at radius 3 is 1.55 bits per heavy atom. The molecule has 0 aliphatic carbocycles. The van der Waals surface area contributed by atoms with Gasteiger partial charge in [0.25, 0.3) is 0 Å². The summed E-state index contributed by atoms with van der Waals surface area (Å²) < 4.78 is 20.0. The van der Waals surface area contributed by atoms with Gasteiger partial charge in [-0.05, 0) is 85.9 Å². The van der Waals surface area contributed by atoms with Gasteiger partial charge in [0.2, 0.25) is 0 Å². The lowest BCUT2D eigenvalue weighted by atomic mass is 9.85. The van der Waals surface area contributed by atoms with E-state index in [0.717, 1.165) is 98.7 Å². The van der Waals surface area contributed by atoms with E-state index in [1.54, 1.807) is 0 Å². The average Bonchev–Trinajstić information content (AvgIpc) is 3.86. The quantitative estimate of drug-likeness (QED) is 0.175. The third-order valence-electron chi connectivity index (χ3n) is 10.8. The van der Waals surface area contributed by atoms with Crippen molar-refractivity contribution in [3.63, 3.8) is 0 Å². The molecule has 0 unspecified atom stereocenters. The van der Waals surface area contributed by atoms with Crippen LogP contribution in [0.3, 0.4) is 0 Å². The lowest BCUT2D eigenvalue weighted by Gasteiger charge is -2.18. The molecule has 0 atom stereocenters. The smallest absolute Gasteiger partial charge is 0.144 e. The van der Waals surface area contributed by atoms with Gasteiger partial charge in [-0.3, -0.25) is 0 Å². The maximum Gasteiger partial charge on any atom is 0.144 e. The maximum atomic E-state index is 7.01. The predicted molar refractivity (Wildman–Crippen MR) is 212 cm³/mol. The van der Waals surface area contributed by atoms with Crippen molar-refractivity contribution in [2.75, 3.05) is 0 Å². The third kappa shape index (κ3) is 3.67. The van der Waals surface area contributed by atoms with Crippen LogP contribution in [0.4, 0.5) is 0 Å². The highest BCUT2D eigenvalue weighted by atomic mass is 16.3. The van der Waals surface area contributed by atoms with Crippen molar-refractivity contribution in [3.05, 3.63) is 158 Å². The van der Waals surface area contributed by atoms with Crippen molar-refractivity contribution in [1.29, 1.82) is 0 Å². The van der Waals surface area contributed by atoms with Gasteiger partial charge in [0.1, 0.15) is 33.5 Å². The van der Waals surface area contributed by atoms with Gasteiger partial charge >= 0.3 is 0 Å². The molecule has 3 nitrogen and oxygen atoms in total. The Morgan fingerprint density at radius 1 is 0.294 bits per heavy atom. The standard InChI is InChI=1S/C48H26O3/c1-2-12-28-24-42-37(23-27(28)11-1)47-46-36-18-8-10-20-40(36)50-43(46)26-38(48(47)51-42)45-34-16-5-3-14-32(34)44(33-15-4-6-17-35(33)45)29-21-22-31-30-13-7-9-19-39(30)49-41(31)25-29/h1-26H. The van der Waals surface area contributed by atoms with E-state index in [4.69, 9.17) is 13.3 Å². The van der Waals surface area contributed by atoms with Crippen LogP contribution in [0.2, 0.25) is 0 Å². The van der Waals surface area contributed by atoms with Crippen LogP contribution in [-0.4, -0.2) is 0 Å². The highest BCUT2D eigenvalue weighted by Crippen LogP contribution is 2.50. The van der Waals surface area contributed by atoms with Gasteiger partial charge in [0.15, 0.2) is 0 Å². The first-order valence-corrected chi connectivity index (χ1v) is 17.3. The van der Waals surface area contributed by atoms with Crippen LogP contribution in [0, 0.1) is 0 Å². The molecule has 0 aliphatic heterocycles. The second-order valence-corrected chi connectivity index (χ2v) is 13.5. The number of furan rings is 3. The zero-order chi connectivity index (χ0) is 33.2. The topological polar surface area (TPSA) is 39.4 Å². The molecule has 0 aliphatic rings. The molecule has 0 radical (unpaired) electrons. The van der Waals surface area contributed by atoms with E-state index in [2.05, 4.69) is 140 Å². The fourth-order valence-corrected chi connectivity index (χ4v) is 8.64. The molecular formula is C48H26O3. The number of benzene rings is 9. The molecular weight excluding hydrogens is 625 g/mol. The van der Waals surface area contributed by atoms with Crippen molar-refractivity contribution in [2.45, 2.75) is 0 Å². The summed E-state index contributed by atoms with van der Waals surface area (Å²) >= 11 is 0. The Morgan fingerprint density at radius 2 is 0.824 bits per heavy atom. The van der Waals surface area contributed by atoms with Gasteiger partial charge in [-0.15, -0.1) is 0 Å². The number of fused-ring (bicyclic) bond motifs is 13. The molecule has 0 saturated carbocycles. The van der Waals surface area contributed by atoms with Gasteiger partial charge in [-0.25, -0.2) is 0 Å². The van der Waals surface area contributed by atoms with E-state index in [-0.39, 0.29) is 0 Å². The van der Waals surface area contributed by atoms with Crippen LogP contribution in [0.25, 0.3) is 120 Å². The highest BCUT2D eigenvalue weighted by molar-refractivity contribution is 6.32. The largest absolute Gasteiger partial charge is 0.456 e. The monoisotopic (exact) mass is 650 g/mol. The molecule has 3 heteroatoms. The van der Waals surface area contributed by atoms with Crippen LogP contribution in [0.15, 0.2) is 171 Å². The lowest BCUT2D eigenvalue weighted by Crippen LogP contribution is -1.91. The molecule has 0 spiro atoms. The average molecular weight is 651 g/mol. The second kappa shape index (κ2) is 9.87. The highest BCUT2D eigenvalue weighted by Gasteiger charge is 2.25. The van der Waals surface area contributed by atoms with Gasteiger partial charge in [0, 0.05) is 43.4 Å². The van der Waals surface area contributed by atoms with Crippen molar-refractivity contribution in [1.82, 2.24) is 0 Å². The summed E-state index contributed by atoms with van der Waals surface area (Å²) in [5.74, 6) is 0. The van der Waals surface area contributed by atoms with Crippen molar-refractivity contribution >= 4 is 98.1 Å². The molecule has 12 aromatic rings. The van der Waals surface area contributed by atoms with Crippen LogP contribution < -0.4 is 0 Å². The minimum atomic E-state index is 0.849. The summed E-state index contributed by atoms with van der Waals surface area (Å²) in [5.41, 5.74) is 9.69. The molecule has 0 saturated heterocycles. The third-order valence-corrected chi connectivity index (χ3v) is 10.8. The second-order valence-electron chi connectivity index (χ2n) is 13.5. The molecule has 3 heterocycles. The van der Waals surface area contributed by atoms with Crippen molar-refractivity contribution in [2.24, 2.45) is 0 Å². The summed E-state index contributed by atoms with van der Waals surface area (Å²) in [4.78, 5) is 0. The Kier molecular flexibility index (Phi) is 5.23. The molecule has 0 fully saturated rings. The maximum absolute atomic E-state index is 7.01. The van der Waals surface area contributed by atoms with E-state index in [1.807, 2.05) is 18.2 Å². The first-order chi connectivity index (χ1) is 25.3. The minimum absolute atomic E-state index is 0.849. The fourth-order valence-electron chi connectivity index (χ4n) is 8.64. The summed E-state index contributed by atoms with van der Waals surface area (Å²) in [6, 6.07) is 55.9. The first-order valence-electron chi connectivity index (χ1n) is 17.3. The number of hydrogen-bond donors (Lipinski definition) is 0. The summed E-state index contributed by atoms with van der Waals surface area (Å²) in [5, 5.41) is 13.6. The van der Waals surface area contributed by atoms with E-state index >= 15 is 0 Å². The van der Waals surface area contributed by atoms with E-state index in [1.165, 1.54) is 21.7 Å². The van der Waals surface area contributed by atoms with Crippen molar-refractivity contribution in [3.8, 4) is 22.3 Å². The zero-order valence-corrected chi connectivity index (χ0v) is 27.2. The summed E-state index contributed by atoms with van der Waals surface area (Å²) in [6.07, 6.45) is 0. The Labute approximate surface area is 290 Å². The van der Waals surface area contributed by atoms with Crippen LogP contribution in [-0.2, 0) is 0 Å². The predicted octanol–water partition coefficient (Wildman–Crippen LogP) is 14.2. The number of hydrogen-bond acceptors (Lipinski definition) is 3. The van der Waals surface area contributed by atoms with Crippen LogP contribution in [0.5, 0.6) is 0 Å².